The summed E-state index contributed by atoms with van der Waals surface area (Å²) >= 11 is 0. The lowest BCUT2D eigenvalue weighted by molar-refractivity contribution is -0.385. The van der Waals surface area contributed by atoms with Gasteiger partial charge in [0.25, 0.3) is 5.69 Å². The molecule has 22 heavy (non-hydrogen) atoms. The van der Waals surface area contributed by atoms with Gasteiger partial charge in [0.2, 0.25) is 10.0 Å². The molecule has 0 radical (unpaired) electrons. The number of nitrogens with zero attached hydrogens (tertiary/aromatic N) is 2. The van der Waals surface area contributed by atoms with E-state index < -0.39 is 14.9 Å². The number of nitrogens with one attached hydrogen (secondary N) is 1. The van der Waals surface area contributed by atoms with Crippen LogP contribution in [0.1, 0.15) is 5.56 Å². The number of sulfonamides is 1. The Kier molecular flexibility index (Phi) is 4.68. The van der Waals surface area contributed by atoms with Gasteiger partial charge in [-0.15, -0.1) is 0 Å². The summed E-state index contributed by atoms with van der Waals surface area (Å²) in [6.07, 6.45) is 2.04. The van der Waals surface area contributed by atoms with Crippen LogP contribution in [0.25, 0.3) is 0 Å². The van der Waals surface area contributed by atoms with Gasteiger partial charge < -0.3 is 4.74 Å². The van der Waals surface area contributed by atoms with Crippen LogP contribution in [0.4, 0.5) is 5.69 Å². The first kappa shape index (κ1) is 15.9. The molecule has 0 saturated carbocycles. The van der Waals surface area contributed by atoms with Crippen LogP contribution in [0.3, 0.4) is 0 Å². The number of benzene rings is 1. The molecule has 2 aromatic rings. The van der Waals surface area contributed by atoms with Gasteiger partial charge in [0.15, 0.2) is 0 Å². The fraction of sp³-hybridized carbons (Fsp3) is 0.154. The molecule has 0 spiro atoms. The molecule has 0 saturated heterocycles. The maximum Gasteiger partial charge on any atom is 0.288 e. The Bertz CT molecular complexity index is 792. The van der Waals surface area contributed by atoms with Gasteiger partial charge >= 0.3 is 0 Å². The average molecular weight is 323 g/mol. The molecule has 0 amide bonds. The summed E-state index contributed by atoms with van der Waals surface area (Å²) in [6.45, 7) is 0.0300. The molecule has 0 atom stereocenters. The van der Waals surface area contributed by atoms with Gasteiger partial charge in [-0.3, -0.25) is 15.1 Å². The Morgan fingerprint density at radius 2 is 2.09 bits per heavy atom. The largest absolute Gasteiger partial charge is 0.497 e. The third kappa shape index (κ3) is 3.77. The van der Waals surface area contributed by atoms with Gasteiger partial charge in [-0.2, -0.15) is 0 Å². The lowest BCUT2D eigenvalue weighted by Gasteiger charge is -2.07. The predicted molar refractivity (Wildman–Crippen MR) is 77.9 cm³/mol. The zero-order valence-corrected chi connectivity index (χ0v) is 12.4. The van der Waals surface area contributed by atoms with Gasteiger partial charge in [0, 0.05) is 18.8 Å². The molecule has 1 aromatic heterocycles. The van der Waals surface area contributed by atoms with Gasteiger partial charge in [0.1, 0.15) is 16.8 Å². The molecular weight excluding hydrogens is 310 g/mol. The average Bonchev–Trinajstić information content (AvgIpc) is 2.53. The van der Waals surface area contributed by atoms with E-state index in [0.717, 1.165) is 18.5 Å². The van der Waals surface area contributed by atoms with E-state index in [1.165, 1.54) is 7.11 Å². The van der Waals surface area contributed by atoms with Gasteiger partial charge in [0.05, 0.1) is 12.0 Å². The highest BCUT2D eigenvalue weighted by Gasteiger charge is 2.18. The van der Waals surface area contributed by atoms with Crippen molar-refractivity contribution in [2.24, 2.45) is 0 Å². The van der Waals surface area contributed by atoms with Gasteiger partial charge in [-0.25, -0.2) is 13.1 Å². The van der Waals surface area contributed by atoms with Crippen LogP contribution in [0.2, 0.25) is 0 Å². The third-order valence-corrected chi connectivity index (χ3v) is 4.19. The monoisotopic (exact) mass is 323 g/mol. The predicted octanol–water partition coefficient (Wildman–Crippen LogP) is 1.48. The number of aromatic nitrogens is 1. The molecule has 1 aromatic carbocycles. The smallest absolute Gasteiger partial charge is 0.288 e. The Balaban J connectivity index is 2.17. The Hall–Kier alpha value is -2.52. The summed E-state index contributed by atoms with van der Waals surface area (Å²) in [4.78, 5) is 13.3. The van der Waals surface area contributed by atoms with E-state index >= 15 is 0 Å². The van der Waals surface area contributed by atoms with Crippen molar-refractivity contribution >= 4 is 15.7 Å². The fourth-order valence-electron chi connectivity index (χ4n) is 1.70. The molecular formula is C13H13N3O5S. The van der Waals surface area contributed by atoms with Crippen LogP contribution >= 0.6 is 0 Å². The SMILES string of the molecule is COc1cccc(CNS(=O)(=O)c2cncc([N+](=O)[O-])c2)c1. The minimum atomic E-state index is -3.89. The van der Waals surface area contributed by atoms with Crippen LogP contribution in [0.15, 0.2) is 47.6 Å². The molecule has 116 valence electrons. The topological polar surface area (TPSA) is 111 Å². The van der Waals surface area contributed by atoms with Crippen LogP contribution in [-0.4, -0.2) is 25.4 Å². The minimum Gasteiger partial charge on any atom is -0.497 e. The maximum atomic E-state index is 12.1. The first-order valence-electron chi connectivity index (χ1n) is 6.14. The summed E-state index contributed by atoms with van der Waals surface area (Å²) in [7, 11) is -2.38. The number of nitro groups is 1. The first-order valence-corrected chi connectivity index (χ1v) is 7.63. The molecule has 9 heteroatoms. The molecule has 0 bridgehead atoms. The Morgan fingerprint density at radius 1 is 1.32 bits per heavy atom. The lowest BCUT2D eigenvalue weighted by Crippen LogP contribution is -2.23. The summed E-state index contributed by atoms with van der Waals surface area (Å²) in [5.41, 5.74) is 0.311. The molecule has 8 nitrogen and oxygen atoms in total. The van der Waals surface area contributed by atoms with Crippen molar-refractivity contribution in [3.63, 3.8) is 0 Å². The lowest BCUT2D eigenvalue weighted by atomic mass is 10.2. The van der Waals surface area contributed by atoms with E-state index in [4.69, 9.17) is 4.74 Å². The molecule has 0 unspecified atom stereocenters. The Morgan fingerprint density at radius 3 is 2.77 bits per heavy atom. The summed E-state index contributed by atoms with van der Waals surface area (Å²) in [5.74, 6) is 0.605. The molecule has 0 aliphatic carbocycles. The zero-order chi connectivity index (χ0) is 16.2. The Labute approximate surface area is 127 Å². The number of hydrogen-bond donors (Lipinski definition) is 1. The van der Waals surface area contributed by atoms with Gasteiger partial charge in [-0.05, 0) is 17.7 Å². The van der Waals surface area contributed by atoms with E-state index in [2.05, 4.69) is 9.71 Å². The van der Waals surface area contributed by atoms with Crippen molar-refractivity contribution < 1.29 is 18.1 Å². The van der Waals surface area contributed by atoms with Crippen molar-refractivity contribution in [3.05, 3.63) is 58.4 Å². The first-order chi connectivity index (χ1) is 10.4. The van der Waals surface area contributed by atoms with Crippen molar-refractivity contribution in [3.8, 4) is 5.75 Å². The molecule has 1 N–H and O–H groups in total. The van der Waals surface area contributed by atoms with E-state index in [0.29, 0.717) is 11.3 Å². The second-order valence-corrected chi connectivity index (χ2v) is 6.08. The molecule has 0 aliphatic heterocycles. The molecule has 1 heterocycles. The van der Waals surface area contributed by atoms with Crippen molar-refractivity contribution in [1.29, 1.82) is 0 Å². The van der Waals surface area contributed by atoms with Crippen LogP contribution in [0.5, 0.6) is 5.75 Å². The number of pyridine rings is 1. The van der Waals surface area contributed by atoms with Crippen LogP contribution in [0, 0.1) is 10.1 Å². The second-order valence-electron chi connectivity index (χ2n) is 4.31. The van der Waals surface area contributed by atoms with E-state index in [1.807, 2.05) is 0 Å². The summed E-state index contributed by atoms with van der Waals surface area (Å²) in [5, 5.41) is 10.7. The van der Waals surface area contributed by atoms with E-state index in [9.17, 15) is 18.5 Å². The number of hydrogen-bond acceptors (Lipinski definition) is 6. The highest BCUT2D eigenvalue weighted by molar-refractivity contribution is 7.89. The number of ether oxygens (including phenoxy) is 1. The molecule has 0 fully saturated rings. The summed E-state index contributed by atoms with van der Waals surface area (Å²) < 4.78 is 31.7. The van der Waals surface area contributed by atoms with Crippen LogP contribution in [-0.2, 0) is 16.6 Å². The molecule has 0 aliphatic rings. The summed E-state index contributed by atoms with van der Waals surface area (Å²) in [6, 6.07) is 7.85. The quantitative estimate of drug-likeness (QED) is 0.636. The zero-order valence-electron chi connectivity index (χ0n) is 11.6. The number of methoxy groups -OCH3 is 1. The van der Waals surface area contributed by atoms with Crippen LogP contribution < -0.4 is 9.46 Å². The highest BCUT2D eigenvalue weighted by Crippen LogP contribution is 2.16. The van der Waals surface area contributed by atoms with Crippen molar-refractivity contribution in [2.45, 2.75) is 11.4 Å². The highest BCUT2D eigenvalue weighted by atomic mass is 32.2. The molecule has 2 rings (SSSR count). The third-order valence-electron chi connectivity index (χ3n) is 2.82. The van der Waals surface area contributed by atoms with Crippen molar-refractivity contribution in [2.75, 3.05) is 7.11 Å². The maximum absolute atomic E-state index is 12.1. The van der Waals surface area contributed by atoms with Crippen molar-refractivity contribution in [1.82, 2.24) is 9.71 Å². The normalized spacial score (nSPS) is 11.1. The second kappa shape index (κ2) is 6.50. The van der Waals surface area contributed by atoms with Gasteiger partial charge in [-0.1, -0.05) is 12.1 Å². The fourth-order valence-corrected chi connectivity index (χ4v) is 2.70. The standard InChI is InChI=1S/C13H13N3O5S/c1-21-12-4-2-3-10(5-12)7-15-22(19,20)13-6-11(16(17)18)8-14-9-13/h2-6,8-9,15H,7H2,1H3. The van der Waals surface area contributed by atoms with E-state index in [1.54, 1.807) is 24.3 Å². The number of rotatable bonds is 6. The van der Waals surface area contributed by atoms with E-state index in [-0.39, 0.29) is 17.1 Å². The minimum absolute atomic E-state index is 0.0300.